The highest BCUT2D eigenvalue weighted by atomic mass is 35.5. The minimum atomic E-state index is -0.340. The number of para-hydroxylation sites is 2. The molecule has 30 heavy (non-hydrogen) atoms. The van der Waals surface area contributed by atoms with Crippen LogP contribution in [0.1, 0.15) is 10.9 Å². The van der Waals surface area contributed by atoms with Crippen LogP contribution in [0.15, 0.2) is 72.8 Å². The predicted octanol–water partition coefficient (Wildman–Crippen LogP) is 4.75. The van der Waals surface area contributed by atoms with Gasteiger partial charge in [-0.05, 0) is 18.2 Å². The molecule has 3 aromatic carbocycles. The summed E-state index contributed by atoms with van der Waals surface area (Å²) in [6.07, 6.45) is 0. The van der Waals surface area contributed by atoms with Crippen molar-refractivity contribution in [2.24, 2.45) is 0 Å². The van der Waals surface area contributed by atoms with Gasteiger partial charge in [-0.3, -0.25) is 15.0 Å². The fraction of sp³-hybridized carbons (Fsp3) is 0.130. The summed E-state index contributed by atoms with van der Waals surface area (Å²) in [6, 6.07) is 23.4. The van der Waals surface area contributed by atoms with Crippen LogP contribution in [0.3, 0.4) is 0 Å². The molecule has 0 spiro atoms. The van der Waals surface area contributed by atoms with E-state index in [1.54, 1.807) is 6.07 Å². The second-order valence-electron chi connectivity index (χ2n) is 7.10. The molecule has 0 radical (unpaired) electrons. The minimum Gasteiger partial charge on any atom is -0.331 e. The summed E-state index contributed by atoms with van der Waals surface area (Å²) >= 11 is 7.78. The van der Waals surface area contributed by atoms with Crippen molar-refractivity contribution in [2.45, 2.75) is 11.9 Å². The zero-order chi connectivity index (χ0) is 20.7. The maximum atomic E-state index is 13.0. The van der Waals surface area contributed by atoms with Gasteiger partial charge in [-0.15, -0.1) is 11.8 Å². The third kappa shape index (κ3) is 3.22. The van der Waals surface area contributed by atoms with Gasteiger partial charge in [0.2, 0.25) is 0 Å². The number of hydrogen-bond donors (Lipinski definition) is 1. The Kier molecular flexibility index (Phi) is 4.89. The molecule has 0 saturated carbocycles. The van der Waals surface area contributed by atoms with E-state index < -0.39 is 0 Å². The summed E-state index contributed by atoms with van der Waals surface area (Å²) in [6.45, 7) is 0.109. The van der Waals surface area contributed by atoms with Crippen molar-refractivity contribution in [1.82, 2.24) is 15.0 Å². The van der Waals surface area contributed by atoms with Gasteiger partial charge >= 0.3 is 0 Å². The first-order chi connectivity index (χ1) is 14.6. The Bertz CT molecular complexity index is 1230. The summed E-state index contributed by atoms with van der Waals surface area (Å²) in [4.78, 5) is 25.5. The van der Waals surface area contributed by atoms with Crippen LogP contribution in [-0.2, 0) is 16.1 Å². The lowest BCUT2D eigenvalue weighted by molar-refractivity contribution is -0.139. The summed E-state index contributed by atoms with van der Waals surface area (Å²) in [5.74, 6) is -0.0964. The molecule has 1 aromatic heterocycles. The van der Waals surface area contributed by atoms with E-state index in [9.17, 15) is 9.59 Å². The van der Waals surface area contributed by atoms with E-state index in [1.807, 2.05) is 59.2 Å². The van der Waals surface area contributed by atoms with Crippen LogP contribution in [-0.4, -0.2) is 27.1 Å². The highest BCUT2D eigenvalue weighted by Gasteiger charge is 2.35. The zero-order valence-corrected chi connectivity index (χ0v) is 17.5. The van der Waals surface area contributed by atoms with Crippen molar-refractivity contribution in [2.75, 3.05) is 5.75 Å². The average molecular weight is 436 g/mol. The number of rotatable bonds is 4. The molecule has 150 valence electrons. The molecule has 7 heteroatoms. The molecule has 1 atom stereocenters. The smallest absolute Gasteiger partial charge is 0.258 e. The number of hydrogen-bond acceptors (Lipinski definition) is 3. The number of benzene rings is 3. The standard InChI is InChI=1S/C23H18ClN3O2S/c24-18-10-4-1-9-17(18)23-27(22(29)14-30-23)25-21(28)13-26-19-11-5-2-7-15(19)16-8-3-6-12-20(16)26/h1-12,23H,13-14H2,(H,25,28). The molecule has 1 aliphatic rings. The van der Waals surface area contributed by atoms with Gasteiger partial charge in [-0.2, -0.15) is 0 Å². The van der Waals surface area contributed by atoms with E-state index in [4.69, 9.17) is 11.6 Å². The lowest BCUT2D eigenvalue weighted by Crippen LogP contribution is -2.45. The monoisotopic (exact) mass is 435 g/mol. The molecule has 1 aliphatic heterocycles. The molecule has 5 nitrogen and oxygen atoms in total. The van der Waals surface area contributed by atoms with Crippen molar-refractivity contribution in [3.05, 3.63) is 83.4 Å². The van der Waals surface area contributed by atoms with Gasteiger partial charge in [0, 0.05) is 32.4 Å². The third-order valence-corrected chi connectivity index (χ3v) is 6.80. The molecule has 1 unspecified atom stereocenters. The van der Waals surface area contributed by atoms with Gasteiger partial charge in [0.25, 0.3) is 11.8 Å². The molecule has 1 saturated heterocycles. The van der Waals surface area contributed by atoms with E-state index >= 15 is 0 Å². The molecule has 5 rings (SSSR count). The molecule has 0 aliphatic carbocycles. The fourth-order valence-corrected chi connectivity index (χ4v) is 5.38. The number of thioether (sulfide) groups is 1. The Morgan fingerprint density at radius 3 is 2.23 bits per heavy atom. The number of hydrazine groups is 1. The Morgan fingerprint density at radius 1 is 0.967 bits per heavy atom. The van der Waals surface area contributed by atoms with Crippen molar-refractivity contribution >= 4 is 57.0 Å². The summed E-state index contributed by atoms with van der Waals surface area (Å²) in [5.41, 5.74) is 5.60. The molecule has 2 heterocycles. The Labute approximate surface area is 182 Å². The highest BCUT2D eigenvalue weighted by molar-refractivity contribution is 8.00. The van der Waals surface area contributed by atoms with Crippen LogP contribution in [0.25, 0.3) is 21.8 Å². The highest BCUT2D eigenvalue weighted by Crippen LogP contribution is 2.40. The van der Waals surface area contributed by atoms with E-state index in [0.29, 0.717) is 10.8 Å². The number of nitrogens with zero attached hydrogens (tertiary/aromatic N) is 2. The lowest BCUT2D eigenvalue weighted by Gasteiger charge is -2.25. The topological polar surface area (TPSA) is 54.3 Å². The van der Waals surface area contributed by atoms with Gasteiger partial charge in [-0.25, -0.2) is 5.01 Å². The maximum Gasteiger partial charge on any atom is 0.258 e. The van der Waals surface area contributed by atoms with Crippen molar-refractivity contribution in [3.8, 4) is 0 Å². The molecule has 1 fully saturated rings. The third-order valence-electron chi connectivity index (χ3n) is 5.27. The number of nitrogens with one attached hydrogen (secondary N) is 1. The van der Waals surface area contributed by atoms with Crippen LogP contribution < -0.4 is 5.43 Å². The first-order valence-electron chi connectivity index (χ1n) is 9.57. The lowest BCUT2D eigenvalue weighted by atomic mass is 10.2. The second kappa shape index (κ2) is 7.70. The van der Waals surface area contributed by atoms with E-state index in [1.165, 1.54) is 16.8 Å². The number of fused-ring (bicyclic) bond motifs is 3. The minimum absolute atomic E-state index is 0.109. The predicted molar refractivity (Wildman–Crippen MR) is 121 cm³/mol. The Morgan fingerprint density at radius 2 is 1.57 bits per heavy atom. The van der Waals surface area contributed by atoms with Gasteiger partial charge in [0.1, 0.15) is 11.9 Å². The first-order valence-corrected chi connectivity index (χ1v) is 11.0. The molecular formula is C23H18ClN3O2S. The first kappa shape index (κ1) is 19.0. The maximum absolute atomic E-state index is 13.0. The number of carbonyl (C=O) groups is 2. The number of halogens is 1. The van der Waals surface area contributed by atoms with E-state index in [2.05, 4.69) is 17.6 Å². The molecular weight excluding hydrogens is 418 g/mol. The quantitative estimate of drug-likeness (QED) is 0.503. The largest absolute Gasteiger partial charge is 0.331 e. The normalized spacial score (nSPS) is 16.5. The number of amides is 2. The van der Waals surface area contributed by atoms with Crippen LogP contribution in [0.5, 0.6) is 0 Å². The molecule has 0 bridgehead atoms. The summed E-state index contributed by atoms with van der Waals surface area (Å²) in [7, 11) is 0. The van der Waals surface area contributed by atoms with Crippen LogP contribution in [0.2, 0.25) is 5.02 Å². The average Bonchev–Trinajstić information content (AvgIpc) is 3.27. The number of aromatic nitrogens is 1. The Hall–Kier alpha value is -2.96. The van der Waals surface area contributed by atoms with Gasteiger partial charge in [0.15, 0.2) is 0 Å². The van der Waals surface area contributed by atoms with Crippen molar-refractivity contribution < 1.29 is 9.59 Å². The van der Waals surface area contributed by atoms with Gasteiger partial charge in [0.05, 0.1) is 5.75 Å². The van der Waals surface area contributed by atoms with Crippen molar-refractivity contribution in [3.63, 3.8) is 0 Å². The van der Waals surface area contributed by atoms with E-state index in [-0.39, 0.29) is 23.7 Å². The molecule has 4 aromatic rings. The Balaban J connectivity index is 1.45. The van der Waals surface area contributed by atoms with Crippen molar-refractivity contribution in [1.29, 1.82) is 0 Å². The zero-order valence-electron chi connectivity index (χ0n) is 15.9. The molecule has 2 amide bonds. The van der Waals surface area contributed by atoms with Crippen LogP contribution >= 0.6 is 23.4 Å². The second-order valence-corrected chi connectivity index (χ2v) is 8.58. The fourth-order valence-electron chi connectivity index (χ4n) is 3.94. The van der Waals surface area contributed by atoms with Crippen LogP contribution in [0.4, 0.5) is 0 Å². The SMILES string of the molecule is O=C(Cn1c2ccccc2c2ccccc21)NN1C(=O)CSC1c1ccccc1Cl. The number of carbonyl (C=O) groups excluding carboxylic acids is 2. The van der Waals surface area contributed by atoms with Gasteiger partial charge < -0.3 is 4.57 Å². The van der Waals surface area contributed by atoms with Gasteiger partial charge in [-0.1, -0.05) is 66.2 Å². The summed E-state index contributed by atoms with van der Waals surface area (Å²) < 4.78 is 1.98. The molecule has 1 N–H and O–H groups in total. The summed E-state index contributed by atoms with van der Waals surface area (Å²) in [5, 5.41) is 3.84. The van der Waals surface area contributed by atoms with Crippen LogP contribution in [0, 0.1) is 0 Å². The van der Waals surface area contributed by atoms with E-state index in [0.717, 1.165) is 27.4 Å².